The molecule has 0 fully saturated rings. The van der Waals surface area contributed by atoms with Crippen molar-refractivity contribution in [3.63, 3.8) is 0 Å². The second-order valence-corrected chi connectivity index (χ2v) is 4.71. The van der Waals surface area contributed by atoms with Gasteiger partial charge in [0.05, 0.1) is 19.5 Å². The van der Waals surface area contributed by atoms with Crippen molar-refractivity contribution >= 4 is 21.7 Å². The number of ether oxygens (including phenoxy) is 1. The molecule has 0 amide bonds. The minimum atomic E-state index is 0.740. The van der Waals surface area contributed by atoms with E-state index in [1.165, 1.54) is 5.56 Å². The van der Waals surface area contributed by atoms with Gasteiger partial charge in [-0.1, -0.05) is 12.1 Å². The molecule has 0 atom stereocenters. The van der Waals surface area contributed by atoms with Crippen molar-refractivity contribution < 1.29 is 4.74 Å². The third-order valence-corrected chi connectivity index (χ3v) is 2.99. The molecule has 2 aromatic rings. The van der Waals surface area contributed by atoms with Gasteiger partial charge in [0.25, 0.3) is 0 Å². The van der Waals surface area contributed by atoms with Crippen LogP contribution >= 0.6 is 15.9 Å². The molecule has 5 heteroatoms. The molecule has 0 bridgehead atoms. The van der Waals surface area contributed by atoms with Crippen LogP contribution in [-0.4, -0.2) is 24.1 Å². The molecule has 0 spiro atoms. The fourth-order valence-corrected chi connectivity index (χ4v) is 1.79. The summed E-state index contributed by atoms with van der Waals surface area (Å²) in [4.78, 5) is 10.5. The normalized spacial score (nSPS) is 10.2. The number of benzene rings is 1. The Bertz CT molecular complexity index is 499. The van der Waals surface area contributed by atoms with Crippen molar-refractivity contribution in [2.75, 3.05) is 19.1 Å². The van der Waals surface area contributed by atoms with Crippen molar-refractivity contribution in [3.05, 3.63) is 46.8 Å². The first kappa shape index (κ1) is 12.8. The van der Waals surface area contributed by atoms with Crippen molar-refractivity contribution in [3.8, 4) is 5.75 Å². The topological polar surface area (TPSA) is 38.2 Å². The summed E-state index contributed by atoms with van der Waals surface area (Å²) in [6, 6.07) is 8.00. The number of anilines is 1. The Hall–Kier alpha value is -1.62. The Kier molecular flexibility index (Phi) is 4.15. The van der Waals surface area contributed by atoms with Crippen molar-refractivity contribution in [1.82, 2.24) is 9.97 Å². The molecule has 0 aliphatic heterocycles. The lowest BCUT2D eigenvalue weighted by Gasteiger charge is -2.17. The van der Waals surface area contributed by atoms with Gasteiger partial charge in [-0.15, -0.1) is 0 Å². The van der Waals surface area contributed by atoms with Crippen LogP contribution in [0.3, 0.4) is 0 Å². The molecule has 94 valence electrons. The highest BCUT2D eigenvalue weighted by atomic mass is 79.9. The molecule has 0 unspecified atom stereocenters. The summed E-state index contributed by atoms with van der Waals surface area (Å²) in [5, 5.41) is 0. The molecular formula is C13H14BrN3O. The Morgan fingerprint density at radius 1 is 1.17 bits per heavy atom. The molecule has 0 saturated carbocycles. The molecule has 4 nitrogen and oxygen atoms in total. The van der Waals surface area contributed by atoms with Gasteiger partial charge in [0, 0.05) is 13.6 Å². The summed E-state index contributed by atoms with van der Waals surface area (Å²) < 4.78 is 5.87. The third-order valence-electron chi connectivity index (χ3n) is 2.58. The van der Waals surface area contributed by atoms with E-state index in [-0.39, 0.29) is 0 Å². The van der Waals surface area contributed by atoms with Gasteiger partial charge in [-0.25, -0.2) is 9.97 Å². The van der Waals surface area contributed by atoms with Gasteiger partial charge in [-0.05, 0) is 33.6 Å². The number of halogens is 1. The lowest BCUT2D eigenvalue weighted by molar-refractivity contribution is 0.414. The van der Waals surface area contributed by atoms with Gasteiger partial charge in [-0.3, -0.25) is 0 Å². The second-order valence-electron chi connectivity index (χ2n) is 3.90. The average Bonchev–Trinajstić information content (AvgIpc) is 2.40. The van der Waals surface area contributed by atoms with Crippen molar-refractivity contribution in [2.45, 2.75) is 6.54 Å². The third kappa shape index (κ3) is 3.20. The lowest BCUT2D eigenvalue weighted by atomic mass is 10.2. The van der Waals surface area contributed by atoms with E-state index in [1.54, 1.807) is 19.5 Å². The molecule has 0 radical (unpaired) electrons. The molecule has 1 heterocycles. The Morgan fingerprint density at radius 2 is 1.89 bits per heavy atom. The maximum Gasteiger partial charge on any atom is 0.147 e. The zero-order chi connectivity index (χ0) is 13.0. The largest absolute Gasteiger partial charge is 0.497 e. The molecule has 0 aliphatic carbocycles. The number of nitrogens with zero attached hydrogens (tertiary/aromatic N) is 3. The first-order valence-corrected chi connectivity index (χ1v) is 6.30. The first-order valence-electron chi connectivity index (χ1n) is 5.50. The highest BCUT2D eigenvalue weighted by Crippen LogP contribution is 2.16. The maximum absolute atomic E-state index is 5.13. The second kappa shape index (κ2) is 5.82. The fraction of sp³-hybridized carbons (Fsp3) is 0.231. The van der Waals surface area contributed by atoms with Crippen LogP contribution < -0.4 is 9.64 Å². The van der Waals surface area contributed by atoms with E-state index in [0.717, 1.165) is 22.7 Å². The van der Waals surface area contributed by atoms with E-state index in [4.69, 9.17) is 4.74 Å². The fourth-order valence-electron chi connectivity index (χ4n) is 1.59. The van der Waals surface area contributed by atoms with Crippen LogP contribution in [0, 0.1) is 0 Å². The summed E-state index contributed by atoms with van der Waals surface area (Å²) in [5.74, 6) is 1.71. The molecule has 1 aromatic heterocycles. The quantitative estimate of drug-likeness (QED) is 0.870. The minimum absolute atomic E-state index is 0.740. The van der Waals surface area contributed by atoms with Gasteiger partial charge >= 0.3 is 0 Å². The molecular weight excluding hydrogens is 294 g/mol. The summed E-state index contributed by atoms with van der Waals surface area (Å²) >= 11 is 3.27. The van der Waals surface area contributed by atoms with Crippen molar-refractivity contribution in [2.24, 2.45) is 0 Å². The number of aromatic nitrogens is 2. The van der Waals surface area contributed by atoms with Crippen molar-refractivity contribution in [1.29, 1.82) is 0 Å². The molecule has 1 aromatic carbocycles. The van der Waals surface area contributed by atoms with Gasteiger partial charge in [0.15, 0.2) is 0 Å². The molecule has 0 aliphatic rings. The van der Waals surface area contributed by atoms with Crippen LogP contribution in [-0.2, 0) is 6.54 Å². The molecule has 2 rings (SSSR count). The van der Waals surface area contributed by atoms with E-state index in [1.807, 2.05) is 36.2 Å². The standard InChI is InChI=1S/C13H14BrN3O/c1-17(13-8-15-12(14)7-16-13)9-10-3-5-11(18-2)6-4-10/h3-8H,9H2,1-2H3. The number of rotatable bonds is 4. The van der Waals surface area contributed by atoms with Gasteiger partial charge in [0.2, 0.25) is 0 Å². The summed E-state index contributed by atoms with van der Waals surface area (Å²) in [6.07, 6.45) is 3.44. The smallest absolute Gasteiger partial charge is 0.147 e. The van der Waals surface area contributed by atoms with Crippen LogP contribution in [0.4, 0.5) is 5.82 Å². The zero-order valence-corrected chi connectivity index (χ0v) is 11.9. The lowest BCUT2D eigenvalue weighted by Crippen LogP contribution is -2.17. The van der Waals surface area contributed by atoms with E-state index in [2.05, 4.69) is 25.9 Å². The Labute approximate surface area is 115 Å². The van der Waals surface area contributed by atoms with Crippen LogP contribution in [0.25, 0.3) is 0 Å². The highest BCUT2D eigenvalue weighted by Gasteiger charge is 2.04. The summed E-state index contributed by atoms with van der Waals surface area (Å²) in [6.45, 7) is 0.778. The first-order chi connectivity index (χ1) is 8.69. The van der Waals surface area contributed by atoms with E-state index < -0.39 is 0 Å². The van der Waals surface area contributed by atoms with Crippen LogP contribution in [0.15, 0.2) is 41.3 Å². The molecule has 18 heavy (non-hydrogen) atoms. The number of methoxy groups -OCH3 is 1. The highest BCUT2D eigenvalue weighted by molar-refractivity contribution is 9.10. The van der Waals surface area contributed by atoms with E-state index in [9.17, 15) is 0 Å². The minimum Gasteiger partial charge on any atom is -0.497 e. The SMILES string of the molecule is COc1ccc(CN(C)c2cnc(Br)cn2)cc1. The Morgan fingerprint density at radius 3 is 2.44 bits per heavy atom. The number of hydrogen-bond donors (Lipinski definition) is 0. The van der Waals surface area contributed by atoms with Gasteiger partial charge in [-0.2, -0.15) is 0 Å². The average molecular weight is 308 g/mol. The van der Waals surface area contributed by atoms with Crippen LogP contribution in [0.5, 0.6) is 5.75 Å². The van der Waals surface area contributed by atoms with Crippen LogP contribution in [0.1, 0.15) is 5.56 Å². The van der Waals surface area contributed by atoms with Gasteiger partial charge < -0.3 is 9.64 Å². The molecule has 0 N–H and O–H groups in total. The summed E-state index contributed by atoms with van der Waals surface area (Å²) in [5.41, 5.74) is 1.20. The van der Waals surface area contributed by atoms with E-state index >= 15 is 0 Å². The predicted molar refractivity (Wildman–Crippen MR) is 74.8 cm³/mol. The van der Waals surface area contributed by atoms with Crippen LogP contribution in [0.2, 0.25) is 0 Å². The Balaban J connectivity index is 2.05. The van der Waals surface area contributed by atoms with E-state index in [0.29, 0.717) is 0 Å². The predicted octanol–water partition coefficient (Wildman–Crippen LogP) is 2.88. The number of hydrogen-bond acceptors (Lipinski definition) is 4. The summed E-state index contributed by atoms with van der Waals surface area (Å²) in [7, 11) is 3.65. The van der Waals surface area contributed by atoms with Gasteiger partial charge in [0.1, 0.15) is 16.2 Å². The zero-order valence-electron chi connectivity index (χ0n) is 10.3. The maximum atomic E-state index is 5.13. The monoisotopic (exact) mass is 307 g/mol. The molecule has 0 saturated heterocycles.